The highest BCUT2D eigenvalue weighted by atomic mass is 33.9. The number of fused-ring (bicyclic) bond motifs is 6. The van der Waals surface area contributed by atoms with Crippen LogP contribution in [0.5, 0.6) is 0 Å². The molecule has 1 fully saturated rings. The van der Waals surface area contributed by atoms with Crippen LogP contribution in [0.4, 0.5) is 0 Å². The molecule has 0 aromatic heterocycles. The summed E-state index contributed by atoms with van der Waals surface area (Å²) in [6.07, 6.45) is 13.8. The van der Waals surface area contributed by atoms with Crippen LogP contribution < -0.4 is 0 Å². The van der Waals surface area contributed by atoms with Crippen LogP contribution in [-0.2, 0) is 23.6 Å². The van der Waals surface area contributed by atoms with Crippen LogP contribution in [0.3, 0.4) is 0 Å². The molecule has 26 heteroatoms. The third kappa shape index (κ3) is 13.1. The van der Waals surface area contributed by atoms with Gasteiger partial charge in [0.1, 0.15) is 27.2 Å². The summed E-state index contributed by atoms with van der Waals surface area (Å²) in [5, 5.41) is 23.3. The average molecular weight is 1940 g/mol. The number of rotatable bonds is 20. The zero-order valence-corrected chi connectivity index (χ0v) is 84.7. The van der Waals surface area contributed by atoms with E-state index in [1.165, 1.54) is 9.80 Å². The molecule has 7 heterocycles. The van der Waals surface area contributed by atoms with E-state index < -0.39 is 7.29 Å². The minimum atomic E-state index is -1.10. The van der Waals surface area contributed by atoms with Crippen molar-refractivity contribution in [2.45, 2.75) is 196 Å². The maximum absolute atomic E-state index is 13.9. The molecule has 8 amide bonds. The molecule has 660 valence electrons. The van der Waals surface area contributed by atoms with Gasteiger partial charge in [-0.2, -0.15) is 0 Å². The van der Waals surface area contributed by atoms with Gasteiger partial charge in [-0.25, -0.2) is 0 Å². The lowest BCUT2D eigenvalue weighted by molar-refractivity contribution is 0.0514. The van der Waals surface area contributed by atoms with E-state index in [1.54, 1.807) is 0 Å². The van der Waals surface area contributed by atoms with Gasteiger partial charge < -0.3 is 0 Å². The van der Waals surface area contributed by atoms with Crippen LogP contribution in [0, 0.1) is 0 Å². The van der Waals surface area contributed by atoms with E-state index >= 15 is 0 Å². The van der Waals surface area contributed by atoms with Gasteiger partial charge in [0.2, 0.25) is 0 Å². The maximum Gasteiger partial charge on any atom is 0.261 e. The summed E-state index contributed by atoms with van der Waals surface area (Å²) in [6.45, 7) is 24.8. The third-order valence-corrected chi connectivity index (χ3v) is 74.1. The van der Waals surface area contributed by atoms with Crippen LogP contribution in [0.15, 0.2) is 146 Å². The monoisotopic (exact) mass is 1940 g/mol. The van der Waals surface area contributed by atoms with Crippen LogP contribution in [-0.4, -0.2) is 145 Å². The molecule has 0 N–H and O–H groups in total. The third-order valence-electron chi connectivity index (χ3n) is 28.8. The average Bonchev–Trinajstić information content (AvgIpc) is 0.694. The van der Waals surface area contributed by atoms with Crippen molar-refractivity contribution >= 4 is 321 Å². The summed E-state index contributed by atoms with van der Waals surface area (Å²) in [7, 11) is 0. The number of hydrogen-bond acceptors (Lipinski definition) is 18. The lowest BCUT2D eigenvalue weighted by atomic mass is 9.82. The molecule has 15 aromatic carbocycles. The van der Waals surface area contributed by atoms with Crippen molar-refractivity contribution in [2.24, 2.45) is 0 Å². The van der Waals surface area contributed by atoms with Crippen LogP contribution in [0.25, 0.3) is 129 Å². The lowest BCUT2D eigenvalue weighted by Crippen LogP contribution is -2.46. The van der Waals surface area contributed by atoms with E-state index in [4.69, 9.17) is 72.5 Å². The Balaban J connectivity index is 0.000000120. The Morgan fingerprint density at radius 1 is 0.215 bits per heavy atom. The second kappa shape index (κ2) is 34.4. The molecule has 0 unspecified atom stereocenters. The van der Waals surface area contributed by atoms with Crippen LogP contribution in [0.2, 0.25) is 0 Å². The van der Waals surface area contributed by atoms with E-state index in [0.29, 0.717) is 101 Å². The molecule has 0 radical (unpaired) electrons. The summed E-state index contributed by atoms with van der Waals surface area (Å²) in [5.74, 6) is -1.03. The van der Waals surface area contributed by atoms with Crippen molar-refractivity contribution < 1.29 is 38.4 Å². The Bertz CT molecular complexity index is 6230. The summed E-state index contributed by atoms with van der Waals surface area (Å²) >= 11 is 42.2. The first-order valence-corrected chi connectivity index (χ1v) is 60.2. The van der Waals surface area contributed by atoms with Crippen molar-refractivity contribution in [2.75, 3.05) is 12.5 Å². The van der Waals surface area contributed by atoms with Crippen molar-refractivity contribution in [3.63, 3.8) is 0 Å². The highest BCUT2D eigenvalue weighted by Gasteiger charge is 2.46. The van der Waals surface area contributed by atoms with Crippen molar-refractivity contribution in [3.05, 3.63) is 212 Å². The first-order valence-electron chi connectivity index (χ1n) is 45.3. The van der Waals surface area contributed by atoms with Crippen molar-refractivity contribution in [3.8, 4) is 0 Å². The summed E-state index contributed by atoms with van der Waals surface area (Å²) in [4.78, 5) is 123. The van der Waals surface area contributed by atoms with Gasteiger partial charge in [0.05, 0.1) is 0 Å². The van der Waals surface area contributed by atoms with Crippen molar-refractivity contribution in [1.82, 2.24) is 29.4 Å². The Kier molecular flexibility index (Phi) is 24.0. The van der Waals surface area contributed by atoms with Crippen molar-refractivity contribution in [1.29, 1.82) is 0 Å². The second-order valence-corrected chi connectivity index (χ2v) is 66.5. The first kappa shape index (κ1) is 90.6. The molecule has 0 bridgehead atoms. The van der Waals surface area contributed by atoms with Crippen LogP contribution >= 0.6 is 101 Å². The lowest BCUT2D eigenvalue weighted by Gasteiger charge is -2.36. The largest absolute Gasteiger partial charge is 0.295 e. The fourth-order valence-electron chi connectivity index (χ4n) is 22.2. The van der Waals surface area contributed by atoms with Gasteiger partial charge in [0.15, 0.2) is 0 Å². The summed E-state index contributed by atoms with van der Waals surface area (Å²) < 4.78 is -2.21. The van der Waals surface area contributed by atoms with E-state index in [9.17, 15) is 38.4 Å². The van der Waals surface area contributed by atoms with Gasteiger partial charge in [-0.05, 0) is 257 Å². The molecule has 7 aliphatic rings. The Morgan fingerprint density at radius 3 is 0.477 bits per heavy atom. The number of thiocarbonyl (C=S) groups is 4. The van der Waals surface area contributed by atoms with Gasteiger partial charge in [-0.15, -0.1) is 22.8 Å². The number of imide groups is 2. The fraction of sp³-hybridized carbons (Fsp3) is 0.308. The van der Waals surface area contributed by atoms with E-state index in [-0.39, 0.29) is 83.5 Å². The summed E-state index contributed by atoms with van der Waals surface area (Å²) in [6, 6.07) is 48.3. The fourth-order valence-corrected chi connectivity index (χ4v) is 89.8. The highest BCUT2D eigenvalue weighted by molar-refractivity contribution is 9.63. The maximum atomic E-state index is 13.9. The summed E-state index contributed by atoms with van der Waals surface area (Å²) in [5.41, 5.74) is 8.81. The first-order chi connectivity index (χ1) is 62.6. The number of nitrogens with zero attached hydrogens (tertiary/aromatic N) is 6. The standard InChI is InChI=1S/C34H30N2O4.2C34H30N2O2S2.C2H6P2S6/c1-5-17(6-2)35-31(37)23-13-9-19-21-11-15-25-30-26(34(40)36(33(25)39)18(7-3)8-4)16-12-22(28(21)30)20-10-14-24(32(35)38)29(23)27(19)20;1-5-17(6-2)35-31(37)23-13-9-19-22-12-16-26-30-24(32(38)36(34(26)40)18(7-3)8-4)14-10-20(28(22)30)21-11-15-25(33(35)39)29(23)27(19)21;1-5-17(6-2)35-31(37)23-13-9-19-20-10-14-24-30-26(34(40)36(32(24)38)18(7-3)8-4)16-12-22(28(20)30)21-11-15-25(33(35)39)29(23)27(19)21;1-7-3(5)9-4(6,8-2)10-3/h3*9-18H,5-8H2,1-4H3;1-2H3. The normalized spacial score (nSPS) is 17.8. The zero-order valence-electron chi connectivity index (χ0n) is 74.7. The molecular formula is C104H96N6O8P2S10. The molecule has 0 spiro atoms. The molecule has 22 rings (SSSR count). The number of carbonyl (C=O) groups excluding carboxylic acids is 8. The van der Waals surface area contributed by atoms with Gasteiger partial charge in [0, 0.05) is 135 Å². The predicted molar refractivity (Wildman–Crippen MR) is 572 cm³/mol. The SMILES string of the molecule is CCC(CC)N1C(=O)c2ccc3c4ccc5c6c(ccc(c7ccc(c2c37)C1=O)c64)C(=O)N(C(CC)CC)C5=O.CCC(CC)N1C(=O)c2ccc3c4ccc5c6c(ccc(c7ccc(c2c37)C1=S)c64)C(=O)N(C(CC)CC)C5=S.CCC(CC)N1C(=O)c2ccc3c4ccc5c6c(ccc(c7ccc(c2c37)C1=S)c64)C(=S)N(C(CC)CC)C5=O.CSP1(=S)SP(=S)(SC)S1. The number of amides is 8. The quantitative estimate of drug-likeness (QED) is 0.0233. The zero-order chi connectivity index (χ0) is 91.9. The number of hydrogen-bond donors (Lipinski definition) is 0. The van der Waals surface area contributed by atoms with Crippen LogP contribution in [0.1, 0.15) is 265 Å². The van der Waals surface area contributed by atoms with E-state index in [0.717, 1.165) is 192 Å². The number of carbonyl (C=O) groups is 8. The molecule has 130 heavy (non-hydrogen) atoms. The van der Waals surface area contributed by atoms with E-state index in [1.807, 2.05) is 165 Å². The van der Waals surface area contributed by atoms with Gasteiger partial charge in [-0.3, -0.25) is 67.8 Å². The minimum Gasteiger partial charge on any atom is -0.295 e. The molecule has 0 aliphatic carbocycles. The Hall–Kier alpha value is -8.58. The molecule has 0 saturated carbocycles. The molecule has 1 saturated heterocycles. The minimum absolute atomic E-state index is 0.0108. The smallest absolute Gasteiger partial charge is 0.261 e. The molecular weight excluding hydrogens is 1840 g/mol. The van der Waals surface area contributed by atoms with Gasteiger partial charge in [0.25, 0.3) is 47.3 Å². The highest BCUT2D eigenvalue weighted by Crippen LogP contribution is 3.11. The predicted octanol–water partition coefficient (Wildman–Crippen LogP) is 28.7. The topological polar surface area (TPSA) is 156 Å². The molecule has 7 aliphatic heterocycles. The Morgan fingerprint density at radius 2 is 0.338 bits per heavy atom. The molecule has 0 atom stereocenters. The van der Waals surface area contributed by atoms with E-state index in [2.05, 4.69) is 141 Å². The van der Waals surface area contributed by atoms with Gasteiger partial charge >= 0.3 is 0 Å². The molecule has 14 nitrogen and oxygen atoms in total. The second-order valence-electron chi connectivity index (χ2n) is 34.6. The Labute approximate surface area is 802 Å². The molecule has 15 aromatic rings. The number of benzene rings is 15. The van der Waals surface area contributed by atoms with Gasteiger partial charge in [-0.1, -0.05) is 253 Å².